The topological polar surface area (TPSA) is 89.8 Å². The molecule has 8 heteroatoms. The van der Waals surface area contributed by atoms with Gasteiger partial charge < -0.3 is 0 Å². The lowest BCUT2D eigenvalue weighted by Gasteiger charge is -2.20. The molecule has 3 heterocycles. The highest BCUT2D eigenvalue weighted by Gasteiger charge is 2.29. The molecule has 2 amide bonds. The maximum atomic E-state index is 11.7. The van der Waals surface area contributed by atoms with E-state index in [0.717, 1.165) is 5.69 Å². The van der Waals surface area contributed by atoms with Gasteiger partial charge in [-0.05, 0) is 6.42 Å². The van der Waals surface area contributed by atoms with Crippen LogP contribution in [0.3, 0.4) is 0 Å². The number of hydrogen-bond donors (Lipinski definition) is 1. The van der Waals surface area contributed by atoms with E-state index < -0.39 is 6.04 Å². The molecule has 0 aliphatic carbocycles. The molecule has 1 saturated heterocycles. The Morgan fingerprint density at radius 2 is 2.28 bits per heavy atom. The Morgan fingerprint density at radius 3 is 3.00 bits per heavy atom. The SMILES string of the molecule is O=C1CCC(n2cc(-c3cscn3)nn2)C(=O)N1. The predicted molar refractivity (Wildman–Crippen MR) is 62.6 cm³/mol. The summed E-state index contributed by atoms with van der Waals surface area (Å²) in [6, 6.07) is -0.470. The van der Waals surface area contributed by atoms with Crippen LogP contribution in [0.4, 0.5) is 0 Å². The highest BCUT2D eigenvalue weighted by molar-refractivity contribution is 7.07. The average molecular weight is 263 g/mol. The van der Waals surface area contributed by atoms with Gasteiger partial charge in [0.15, 0.2) is 0 Å². The third kappa shape index (κ3) is 1.90. The molecule has 18 heavy (non-hydrogen) atoms. The number of thiazole rings is 1. The van der Waals surface area contributed by atoms with E-state index in [0.29, 0.717) is 18.5 Å². The summed E-state index contributed by atoms with van der Waals surface area (Å²) in [5, 5.41) is 12.1. The van der Waals surface area contributed by atoms with Crippen LogP contribution in [-0.4, -0.2) is 31.8 Å². The average Bonchev–Trinajstić information content (AvgIpc) is 2.99. The van der Waals surface area contributed by atoms with Crippen LogP contribution in [0.15, 0.2) is 17.1 Å². The third-order valence-electron chi connectivity index (χ3n) is 2.73. The van der Waals surface area contributed by atoms with Crippen LogP contribution >= 0.6 is 11.3 Å². The normalized spacial score (nSPS) is 19.9. The standard InChI is InChI=1S/C10H9N5O2S/c16-9-2-1-8(10(17)12-9)15-3-6(13-14-15)7-4-18-5-11-7/h3-5,8H,1-2H2,(H,12,16,17). The number of carbonyl (C=O) groups excluding carboxylic acids is 2. The van der Waals surface area contributed by atoms with E-state index in [1.165, 1.54) is 16.0 Å². The smallest absolute Gasteiger partial charge is 0.251 e. The molecular formula is C10H9N5O2S. The Balaban J connectivity index is 1.85. The van der Waals surface area contributed by atoms with Crippen molar-refractivity contribution in [1.82, 2.24) is 25.3 Å². The van der Waals surface area contributed by atoms with Gasteiger partial charge in [0.05, 0.1) is 11.7 Å². The van der Waals surface area contributed by atoms with Gasteiger partial charge in [-0.1, -0.05) is 5.21 Å². The van der Waals surface area contributed by atoms with Crippen molar-refractivity contribution < 1.29 is 9.59 Å². The van der Waals surface area contributed by atoms with Gasteiger partial charge in [0, 0.05) is 11.8 Å². The van der Waals surface area contributed by atoms with E-state index >= 15 is 0 Å². The van der Waals surface area contributed by atoms with Crippen molar-refractivity contribution in [3.8, 4) is 11.4 Å². The number of nitrogens with zero attached hydrogens (tertiary/aromatic N) is 4. The minimum absolute atomic E-state index is 0.240. The molecule has 0 saturated carbocycles. The van der Waals surface area contributed by atoms with E-state index in [-0.39, 0.29) is 11.8 Å². The number of aromatic nitrogens is 4. The van der Waals surface area contributed by atoms with Crippen molar-refractivity contribution in [3.05, 3.63) is 17.1 Å². The molecule has 1 atom stereocenters. The molecule has 2 aromatic heterocycles. The first-order valence-corrected chi connectivity index (χ1v) is 6.32. The molecule has 1 aliphatic heterocycles. The van der Waals surface area contributed by atoms with E-state index in [1.807, 2.05) is 5.38 Å². The quantitative estimate of drug-likeness (QED) is 0.791. The fraction of sp³-hybridized carbons (Fsp3) is 0.300. The van der Waals surface area contributed by atoms with Crippen molar-refractivity contribution in [2.75, 3.05) is 0 Å². The van der Waals surface area contributed by atoms with Crippen molar-refractivity contribution in [1.29, 1.82) is 0 Å². The van der Waals surface area contributed by atoms with Gasteiger partial charge in [-0.15, -0.1) is 16.4 Å². The predicted octanol–water partition coefficient (Wildman–Crippen LogP) is 0.379. The summed E-state index contributed by atoms with van der Waals surface area (Å²) in [6.07, 6.45) is 2.45. The molecule has 0 radical (unpaired) electrons. The molecule has 1 unspecified atom stereocenters. The number of carbonyl (C=O) groups is 2. The molecule has 0 spiro atoms. The highest BCUT2D eigenvalue weighted by atomic mass is 32.1. The van der Waals surface area contributed by atoms with Crippen molar-refractivity contribution >= 4 is 23.2 Å². The first-order valence-electron chi connectivity index (χ1n) is 5.38. The number of hydrogen-bond acceptors (Lipinski definition) is 6. The first-order chi connectivity index (χ1) is 8.74. The van der Waals surface area contributed by atoms with Gasteiger partial charge in [0.2, 0.25) is 5.91 Å². The maximum absolute atomic E-state index is 11.7. The fourth-order valence-electron chi connectivity index (χ4n) is 1.82. The van der Waals surface area contributed by atoms with Crippen molar-refractivity contribution in [2.45, 2.75) is 18.9 Å². The zero-order chi connectivity index (χ0) is 12.5. The monoisotopic (exact) mass is 263 g/mol. The minimum atomic E-state index is -0.470. The molecule has 1 fully saturated rings. The zero-order valence-corrected chi connectivity index (χ0v) is 10.1. The van der Waals surface area contributed by atoms with Crippen LogP contribution in [0, 0.1) is 0 Å². The van der Waals surface area contributed by atoms with Crippen LogP contribution < -0.4 is 5.32 Å². The molecule has 92 valence electrons. The second kappa shape index (κ2) is 4.30. The van der Waals surface area contributed by atoms with Crippen molar-refractivity contribution in [3.63, 3.8) is 0 Å². The van der Waals surface area contributed by atoms with Gasteiger partial charge in [0.25, 0.3) is 5.91 Å². The number of imide groups is 1. The Labute approximate surface area is 106 Å². The van der Waals surface area contributed by atoms with Gasteiger partial charge in [-0.2, -0.15) is 0 Å². The van der Waals surface area contributed by atoms with Crippen LogP contribution in [0.2, 0.25) is 0 Å². The van der Waals surface area contributed by atoms with E-state index in [9.17, 15) is 9.59 Å². The molecule has 0 aromatic carbocycles. The largest absolute Gasteiger partial charge is 0.295 e. The summed E-state index contributed by atoms with van der Waals surface area (Å²) >= 11 is 1.47. The molecule has 3 rings (SSSR count). The summed E-state index contributed by atoms with van der Waals surface area (Å²) in [7, 11) is 0. The lowest BCUT2D eigenvalue weighted by atomic mass is 10.1. The van der Waals surface area contributed by atoms with E-state index in [1.54, 1.807) is 11.7 Å². The van der Waals surface area contributed by atoms with Crippen LogP contribution in [0.25, 0.3) is 11.4 Å². The molecular weight excluding hydrogens is 254 g/mol. The summed E-state index contributed by atoms with van der Waals surface area (Å²) in [5.74, 6) is -0.572. The Morgan fingerprint density at radius 1 is 1.39 bits per heavy atom. The lowest BCUT2D eigenvalue weighted by molar-refractivity contribution is -0.136. The van der Waals surface area contributed by atoms with Crippen LogP contribution in [-0.2, 0) is 9.59 Å². The molecule has 2 aromatic rings. The Bertz CT molecular complexity index is 591. The summed E-state index contributed by atoms with van der Waals surface area (Å²) < 4.78 is 1.48. The second-order valence-corrected chi connectivity index (χ2v) is 4.64. The number of nitrogens with one attached hydrogen (secondary N) is 1. The number of rotatable bonds is 2. The Hall–Kier alpha value is -2.09. The Kier molecular flexibility index (Phi) is 2.63. The molecule has 1 aliphatic rings. The van der Waals surface area contributed by atoms with Gasteiger partial charge in [-0.25, -0.2) is 9.67 Å². The molecule has 1 N–H and O–H groups in total. The van der Waals surface area contributed by atoms with E-state index in [2.05, 4.69) is 20.6 Å². The minimum Gasteiger partial charge on any atom is -0.295 e. The number of amides is 2. The summed E-state index contributed by atoms with van der Waals surface area (Å²) in [5.41, 5.74) is 3.07. The van der Waals surface area contributed by atoms with Gasteiger partial charge in [-0.3, -0.25) is 14.9 Å². The lowest BCUT2D eigenvalue weighted by Crippen LogP contribution is -2.41. The zero-order valence-electron chi connectivity index (χ0n) is 9.24. The molecule has 7 nitrogen and oxygen atoms in total. The first kappa shape index (κ1) is 11.0. The second-order valence-electron chi connectivity index (χ2n) is 3.92. The third-order valence-corrected chi connectivity index (χ3v) is 3.32. The van der Waals surface area contributed by atoms with Gasteiger partial charge in [0.1, 0.15) is 17.4 Å². The van der Waals surface area contributed by atoms with Gasteiger partial charge >= 0.3 is 0 Å². The van der Waals surface area contributed by atoms with Crippen LogP contribution in [0.5, 0.6) is 0 Å². The van der Waals surface area contributed by atoms with Crippen molar-refractivity contribution in [2.24, 2.45) is 0 Å². The summed E-state index contributed by atoms with van der Waals surface area (Å²) in [4.78, 5) is 26.8. The van der Waals surface area contributed by atoms with Crippen LogP contribution in [0.1, 0.15) is 18.9 Å². The van der Waals surface area contributed by atoms with E-state index in [4.69, 9.17) is 0 Å². The maximum Gasteiger partial charge on any atom is 0.251 e. The molecule has 0 bridgehead atoms. The highest BCUT2D eigenvalue weighted by Crippen LogP contribution is 2.21. The number of piperidine rings is 1. The fourth-order valence-corrected chi connectivity index (χ4v) is 2.37. The summed E-state index contributed by atoms with van der Waals surface area (Å²) in [6.45, 7) is 0.